The first-order valence-corrected chi connectivity index (χ1v) is 5.72. The van der Waals surface area contributed by atoms with Crippen LogP contribution < -0.4 is 0 Å². The van der Waals surface area contributed by atoms with Gasteiger partial charge in [-0.1, -0.05) is 26.2 Å². The zero-order valence-electron chi connectivity index (χ0n) is 8.63. The molecule has 0 aromatic heterocycles. The van der Waals surface area contributed by atoms with Gasteiger partial charge in [0, 0.05) is 19.5 Å². The Morgan fingerprint density at radius 3 is 3.15 bits per heavy atom. The van der Waals surface area contributed by atoms with E-state index >= 15 is 0 Å². The van der Waals surface area contributed by atoms with Crippen molar-refractivity contribution in [3.05, 3.63) is 0 Å². The fourth-order valence-electron chi connectivity index (χ4n) is 2.35. The third-order valence-electron chi connectivity index (χ3n) is 3.10. The molecule has 0 spiro atoms. The van der Waals surface area contributed by atoms with Gasteiger partial charge in [-0.05, 0) is 12.8 Å². The lowest BCUT2D eigenvalue weighted by atomic mass is 10.1. The quantitative estimate of drug-likeness (QED) is 0.607. The van der Waals surface area contributed by atoms with Crippen molar-refractivity contribution in [3.8, 4) is 0 Å². The summed E-state index contributed by atoms with van der Waals surface area (Å²) >= 11 is 0. The van der Waals surface area contributed by atoms with E-state index in [0.29, 0.717) is 6.04 Å². The van der Waals surface area contributed by atoms with Crippen LogP contribution in [0, 0.1) is 0 Å². The molecule has 2 aliphatic heterocycles. The number of amidine groups is 1. The van der Waals surface area contributed by atoms with Crippen molar-refractivity contribution >= 4 is 5.84 Å². The zero-order valence-corrected chi connectivity index (χ0v) is 8.63. The van der Waals surface area contributed by atoms with Crippen LogP contribution >= 0.6 is 0 Å². The Morgan fingerprint density at radius 2 is 2.38 bits per heavy atom. The summed E-state index contributed by atoms with van der Waals surface area (Å²) in [6, 6.07) is 0.641. The molecule has 0 N–H and O–H groups in total. The number of rotatable bonds is 4. The van der Waals surface area contributed by atoms with Crippen LogP contribution in [-0.4, -0.2) is 29.9 Å². The van der Waals surface area contributed by atoms with Crippen molar-refractivity contribution in [2.75, 3.05) is 13.1 Å². The van der Waals surface area contributed by atoms with Gasteiger partial charge in [0.05, 0.1) is 11.9 Å². The topological polar surface area (TPSA) is 15.6 Å². The molecule has 0 amide bonds. The average molecular weight is 180 g/mol. The van der Waals surface area contributed by atoms with Crippen LogP contribution in [0.15, 0.2) is 4.99 Å². The molecule has 2 aliphatic rings. The highest BCUT2D eigenvalue weighted by molar-refractivity contribution is 5.85. The van der Waals surface area contributed by atoms with Gasteiger partial charge in [-0.3, -0.25) is 4.99 Å². The molecule has 2 heterocycles. The predicted molar refractivity (Wildman–Crippen MR) is 56.2 cm³/mol. The van der Waals surface area contributed by atoms with Crippen molar-refractivity contribution in [2.45, 2.75) is 51.5 Å². The molecule has 0 aromatic rings. The highest BCUT2D eigenvalue weighted by Gasteiger charge is 2.27. The molecule has 74 valence electrons. The molecule has 0 radical (unpaired) electrons. The predicted octanol–water partition coefficient (Wildman–Crippen LogP) is 2.44. The van der Waals surface area contributed by atoms with Gasteiger partial charge in [0.25, 0.3) is 0 Å². The van der Waals surface area contributed by atoms with Gasteiger partial charge in [0.15, 0.2) is 0 Å². The number of hydrogen-bond donors (Lipinski definition) is 0. The minimum atomic E-state index is 0.641. The summed E-state index contributed by atoms with van der Waals surface area (Å²) in [4.78, 5) is 7.25. The van der Waals surface area contributed by atoms with E-state index in [1.807, 2.05) is 0 Å². The molecule has 0 aliphatic carbocycles. The van der Waals surface area contributed by atoms with E-state index in [2.05, 4.69) is 11.8 Å². The molecule has 2 nitrogen and oxygen atoms in total. The lowest BCUT2D eigenvalue weighted by Gasteiger charge is -2.12. The molecule has 1 saturated heterocycles. The molecule has 1 unspecified atom stereocenters. The van der Waals surface area contributed by atoms with Gasteiger partial charge in [0.2, 0.25) is 0 Å². The van der Waals surface area contributed by atoms with Crippen molar-refractivity contribution in [2.24, 2.45) is 4.99 Å². The number of fused-ring (bicyclic) bond motifs is 1. The molecular weight excluding hydrogens is 160 g/mol. The third-order valence-corrected chi connectivity index (χ3v) is 3.10. The summed E-state index contributed by atoms with van der Waals surface area (Å²) in [6.45, 7) is 4.75. The summed E-state index contributed by atoms with van der Waals surface area (Å²) in [5.41, 5.74) is 0. The number of nitrogens with zero attached hydrogens (tertiary/aromatic N) is 2. The maximum atomic E-state index is 4.76. The van der Waals surface area contributed by atoms with Gasteiger partial charge < -0.3 is 4.90 Å². The van der Waals surface area contributed by atoms with E-state index in [-0.39, 0.29) is 0 Å². The van der Waals surface area contributed by atoms with E-state index in [4.69, 9.17) is 4.99 Å². The van der Waals surface area contributed by atoms with E-state index in [0.717, 1.165) is 0 Å². The molecule has 0 bridgehead atoms. The average Bonchev–Trinajstić information content (AvgIpc) is 2.64. The van der Waals surface area contributed by atoms with E-state index in [1.165, 1.54) is 57.5 Å². The van der Waals surface area contributed by atoms with Crippen LogP contribution in [0.5, 0.6) is 0 Å². The molecule has 0 saturated carbocycles. The molecule has 0 aromatic carbocycles. The molecule has 2 heteroatoms. The van der Waals surface area contributed by atoms with Gasteiger partial charge in [-0.2, -0.15) is 0 Å². The van der Waals surface area contributed by atoms with Crippen molar-refractivity contribution in [1.29, 1.82) is 0 Å². The zero-order chi connectivity index (χ0) is 9.10. The number of aliphatic imine (C=N–C) groups is 1. The van der Waals surface area contributed by atoms with Crippen LogP contribution in [-0.2, 0) is 0 Å². The maximum Gasteiger partial charge on any atom is 0.0994 e. The van der Waals surface area contributed by atoms with E-state index in [9.17, 15) is 0 Å². The Labute approximate surface area is 81.0 Å². The van der Waals surface area contributed by atoms with E-state index < -0.39 is 0 Å². The second kappa shape index (κ2) is 4.12. The monoisotopic (exact) mass is 180 g/mol. The molecule has 1 atom stereocenters. The van der Waals surface area contributed by atoms with Crippen molar-refractivity contribution < 1.29 is 0 Å². The Bertz CT molecular complexity index is 198. The largest absolute Gasteiger partial charge is 0.358 e. The van der Waals surface area contributed by atoms with Crippen molar-refractivity contribution in [1.82, 2.24) is 4.90 Å². The first-order chi connectivity index (χ1) is 6.40. The molecule has 2 rings (SSSR count). The highest BCUT2D eigenvalue weighted by atomic mass is 15.3. The summed E-state index contributed by atoms with van der Waals surface area (Å²) in [5, 5.41) is 0. The normalized spacial score (nSPS) is 26.4. The van der Waals surface area contributed by atoms with Gasteiger partial charge >= 0.3 is 0 Å². The standard InChI is InChI=1S/C11H20N2/c1-2-3-4-6-10-9-13-8-5-7-11(13)12-10/h10H,2-9H2,1H3. The Balaban J connectivity index is 1.75. The van der Waals surface area contributed by atoms with Crippen molar-refractivity contribution in [3.63, 3.8) is 0 Å². The number of unbranched alkanes of at least 4 members (excludes halogenated alkanes) is 2. The molecule has 1 fully saturated rings. The minimum absolute atomic E-state index is 0.641. The first-order valence-electron chi connectivity index (χ1n) is 5.72. The second-order valence-corrected chi connectivity index (χ2v) is 4.24. The smallest absolute Gasteiger partial charge is 0.0994 e. The SMILES string of the molecule is CCCCCC1CN2CCCC2=N1. The fourth-order valence-corrected chi connectivity index (χ4v) is 2.35. The van der Waals surface area contributed by atoms with Crippen LogP contribution in [0.4, 0.5) is 0 Å². The van der Waals surface area contributed by atoms with Gasteiger partial charge in [-0.25, -0.2) is 0 Å². The highest BCUT2D eigenvalue weighted by Crippen LogP contribution is 2.22. The third kappa shape index (κ3) is 2.04. The van der Waals surface area contributed by atoms with Gasteiger partial charge in [0.1, 0.15) is 0 Å². The first kappa shape index (κ1) is 9.04. The van der Waals surface area contributed by atoms with E-state index in [1.54, 1.807) is 0 Å². The van der Waals surface area contributed by atoms with Crippen LogP contribution in [0.2, 0.25) is 0 Å². The van der Waals surface area contributed by atoms with Crippen LogP contribution in [0.1, 0.15) is 45.4 Å². The summed E-state index contributed by atoms with van der Waals surface area (Å²) < 4.78 is 0. The molecular formula is C11H20N2. The Hall–Kier alpha value is -0.530. The summed E-state index contributed by atoms with van der Waals surface area (Å²) in [6.07, 6.45) is 7.96. The van der Waals surface area contributed by atoms with Crippen LogP contribution in [0.3, 0.4) is 0 Å². The summed E-state index contributed by atoms with van der Waals surface area (Å²) in [7, 11) is 0. The Kier molecular flexibility index (Phi) is 2.87. The fraction of sp³-hybridized carbons (Fsp3) is 0.909. The molecule has 13 heavy (non-hydrogen) atoms. The summed E-state index contributed by atoms with van der Waals surface area (Å²) in [5.74, 6) is 1.40. The Morgan fingerprint density at radius 1 is 1.46 bits per heavy atom. The second-order valence-electron chi connectivity index (χ2n) is 4.24. The minimum Gasteiger partial charge on any atom is -0.358 e. The number of hydrogen-bond acceptors (Lipinski definition) is 2. The van der Waals surface area contributed by atoms with Crippen LogP contribution in [0.25, 0.3) is 0 Å². The van der Waals surface area contributed by atoms with Gasteiger partial charge in [-0.15, -0.1) is 0 Å². The maximum absolute atomic E-state index is 4.76. The lowest BCUT2D eigenvalue weighted by Crippen LogP contribution is -2.23. The lowest BCUT2D eigenvalue weighted by molar-refractivity contribution is 0.430.